The van der Waals surface area contributed by atoms with Gasteiger partial charge in [-0.1, -0.05) is 48.0 Å². The highest BCUT2D eigenvalue weighted by atomic mass is 35.5. The molecule has 2 aromatic carbocycles. The molecule has 0 aromatic heterocycles. The van der Waals surface area contributed by atoms with E-state index in [1.54, 1.807) is 48.3 Å². The van der Waals surface area contributed by atoms with E-state index in [1.807, 2.05) is 18.2 Å². The zero-order valence-corrected chi connectivity index (χ0v) is 14.4. The van der Waals surface area contributed by atoms with Crippen molar-refractivity contribution in [2.45, 2.75) is 0 Å². The summed E-state index contributed by atoms with van der Waals surface area (Å²) in [7, 11) is 1.68. The van der Waals surface area contributed by atoms with Gasteiger partial charge in [0.1, 0.15) is 5.70 Å². The van der Waals surface area contributed by atoms with Gasteiger partial charge in [-0.25, -0.2) is 4.90 Å². The zero-order chi connectivity index (χ0) is 18.0. The molecule has 5 nitrogen and oxygen atoms in total. The summed E-state index contributed by atoms with van der Waals surface area (Å²) < 4.78 is 0. The average molecular weight is 357 g/mol. The lowest BCUT2D eigenvalue weighted by Crippen LogP contribution is -2.34. The number of benzene rings is 2. The molecule has 0 spiro atoms. The van der Waals surface area contributed by atoms with E-state index in [9.17, 15) is 14.7 Å². The van der Waals surface area contributed by atoms with Crippen LogP contribution >= 0.6 is 11.6 Å². The molecule has 1 N–H and O–H groups in total. The quantitative estimate of drug-likeness (QED) is 0.836. The molecule has 25 heavy (non-hydrogen) atoms. The van der Waals surface area contributed by atoms with Crippen LogP contribution in [0, 0.1) is 0 Å². The minimum atomic E-state index is -0.429. The fourth-order valence-electron chi connectivity index (χ4n) is 2.85. The minimum Gasteiger partial charge on any atom is -0.395 e. The highest BCUT2D eigenvalue weighted by Crippen LogP contribution is 2.34. The lowest BCUT2D eigenvalue weighted by atomic mass is 10.0. The Morgan fingerprint density at radius 2 is 1.76 bits per heavy atom. The van der Waals surface area contributed by atoms with E-state index in [2.05, 4.69) is 0 Å². The lowest BCUT2D eigenvalue weighted by Gasteiger charge is -2.20. The number of carbonyl (C=O) groups excluding carboxylic acids is 2. The van der Waals surface area contributed by atoms with Gasteiger partial charge in [-0.3, -0.25) is 9.59 Å². The SMILES string of the molecule is CN(CCO)C1=C(c2ccccc2)C(=O)N(c2cccc(Cl)c2)C1=O. The summed E-state index contributed by atoms with van der Waals surface area (Å²) in [6.07, 6.45) is 0. The van der Waals surface area contributed by atoms with E-state index in [0.717, 1.165) is 4.90 Å². The molecule has 0 radical (unpaired) electrons. The van der Waals surface area contributed by atoms with Crippen molar-refractivity contribution in [1.82, 2.24) is 4.90 Å². The van der Waals surface area contributed by atoms with Crippen molar-refractivity contribution < 1.29 is 14.7 Å². The third kappa shape index (κ3) is 3.16. The van der Waals surface area contributed by atoms with E-state index >= 15 is 0 Å². The number of aliphatic hydroxyl groups excluding tert-OH is 1. The van der Waals surface area contributed by atoms with Crippen LogP contribution in [-0.4, -0.2) is 42.0 Å². The maximum Gasteiger partial charge on any atom is 0.282 e. The Morgan fingerprint density at radius 3 is 2.40 bits per heavy atom. The summed E-state index contributed by atoms with van der Waals surface area (Å²) in [4.78, 5) is 28.8. The summed E-state index contributed by atoms with van der Waals surface area (Å²) in [5, 5.41) is 9.68. The summed E-state index contributed by atoms with van der Waals surface area (Å²) in [6.45, 7) is 0.120. The van der Waals surface area contributed by atoms with Gasteiger partial charge in [-0.2, -0.15) is 0 Å². The number of hydrogen-bond acceptors (Lipinski definition) is 4. The van der Waals surface area contributed by atoms with Gasteiger partial charge in [-0.05, 0) is 23.8 Å². The number of carbonyl (C=O) groups is 2. The molecule has 3 rings (SSSR count). The predicted octanol–water partition coefficient (Wildman–Crippen LogP) is 2.55. The smallest absolute Gasteiger partial charge is 0.282 e. The number of likely N-dealkylation sites (N-methyl/N-ethyl adjacent to an activating group) is 1. The molecule has 0 unspecified atom stereocenters. The second-order valence-electron chi connectivity index (χ2n) is 5.66. The van der Waals surface area contributed by atoms with E-state index in [1.165, 1.54) is 0 Å². The third-order valence-electron chi connectivity index (χ3n) is 4.01. The van der Waals surface area contributed by atoms with Gasteiger partial charge >= 0.3 is 0 Å². The molecule has 2 aromatic rings. The summed E-state index contributed by atoms with van der Waals surface area (Å²) in [5.41, 5.74) is 1.67. The second kappa shape index (κ2) is 7.09. The molecule has 0 fully saturated rings. The first-order valence-corrected chi connectivity index (χ1v) is 8.18. The zero-order valence-electron chi connectivity index (χ0n) is 13.6. The van der Waals surface area contributed by atoms with Gasteiger partial charge in [0.2, 0.25) is 0 Å². The topological polar surface area (TPSA) is 60.9 Å². The Morgan fingerprint density at radius 1 is 1.04 bits per heavy atom. The molecule has 0 atom stereocenters. The molecule has 1 heterocycles. The largest absolute Gasteiger partial charge is 0.395 e. The van der Waals surface area contributed by atoms with Crippen LogP contribution in [0.5, 0.6) is 0 Å². The Hall–Kier alpha value is -2.63. The van der Waals surface area contributed by atoms with Gasteiger partial charge in [-0.15, -0.1) is 0 Å². The van der Waals surface area contributed by atoms with Crippen molar-refractivity contribution in [2.24, 2.45) is 0 Å². The van der Waals surface area contributed by atoms with Crippen LogP contribution in [0.25, 0.3) is 5.57 Å². The van der Waals surface area contributed by atoms with E-state index in [4.69, 9.17) is 11.6 Å². The molecule has 6 heteroatoms. The molecule has 0 bridgehead atoms. The first-order chi connectivity index (χ1) is 12.0. The Bertz CT molecular complexity index is 849. The molecule has 0 aliphatic carbocycles. The highest BCUT2D eigenvalue weighted by Gasteiger charge is 2.41. The number of hydrogen-bond donors (Lipinski definition) is 1. The van der Waals surface area contributed by atoms with Crippen LogP contribution in [-0.2, 0) is 9.59 Å². The second-order valence-corrected chi connectivity index (χ2v) is 6.10. The van der Waals surface area contributed by atoms with Crippen molar-refractivity contribution in [3.63, 3.8) is 0 Å². The Kier molecular flexibility index (Phi) is 4.88. The fourth-order valence-corrected chi connectivity index (χ4v) is 3.03. The fraction of sp³-hybridized carbons (Fsp3) is 0.158. The number of halogens is 1. The predicted molar refractivity (Wildman–Crippen MR) is 97.0 cm³/mol. The number of imide groups is 1. The standard InChI is InChI=1S/C19H17ClN2O3/c1-21(10-11-23)17-16(13-6-3-2-4-7-13)18(24)22(19(17)25)15-9-5-8-14(20)12-15/h2-9,12,23H,10-11H2,1H3. The molecule has 0 saturated carbocycles. The van der Waals surface area contributed by atoms with Crippen LogP contribution in [0.2, 0.25) is 5.02 Å². The van der Waals surface area contributed by atoms with E-state index in [0.29, 0.717) is 21.8 Å². The maximum absolute atomic E-state index is 13.1. The van der Waals surface area contributed by atoms with Crippen molar-refractivity contribution in [1.29, 1.82) is 0 Å². The number of amides is 2. The molecular formula is C19H17ClN2O3. The van der Waals surface area contributed by atoms with Crippen LogP contribution in [0.1, 0.15) is 5.56 Å². The highest BCUT2D eigenvalue weighted by molar-refractivity contribution is 6.45. The first kappa shape index (κ1) is 17.2. The van der Waals surface area contributed by atoms with Gasteiger partial charge in [0.05, 0.1) is 17.9 Å². The van der Waals surface area contributed by atoms with Crippen molar-refractivity contribution in [3.05, 3.63) is 70.9 Å². The van der Waals surface area contributed by atoms with E-state index < -0.39 is 11.8 Å². The first-order valence-electron chi connectivity index (χ1n) is 7.80. The summed E-state index contributed by atoms with van der Waals surface area (Å²) >= 11 is 6.01. The van der Waals surface area contributed by atoms with Crippen LogP contribution in [0.4, 0.5) is 5.69 Å². The molecule has 2 amide bonds. The Labute approximate surface area is 150 Å². The van der Waals surface area contributed by atoms with Crippen LogP contribution in [0.15, 0.2) is 60.3 Å². The van der Waals surface area contributed by atoms with Gasteiger partial charge in [0.25, 0.3) is 11.8 Å². The van der Waals surface area contributed by atoms with Crippen molar-refractivity contribution in [2.75, 3.05) is 25.1 Å². The van der Waals surface area contributed by atoms with E-state index in [-0.39, 0.29) is 18.8 Å². The van der Waals surface area contributed by atoms with Crippen molar-refractivity contribution in [3.8, 4) is 0 Å². The summed E-state index contributed by atoms with van der Waals surface area (Å²) in [6, 6.07) is 15.7. The number of nitrogens with zero attached hydrogens (tertiary/aromatic N) is 2. The lowest BCUT2D eigenvalue weighted by molar-refractivity contribution is -0.120. The molecule has 128 valence electrons. The monoisotopic (exact) mass is 356 g/mol. The number of aliphatic hydroxyl groups is 1. The number of anilines is 1. The average Bonchev–Trinajstić information content (AvgIpc) is 2.86. The molecule has 1 aliphatic rings. The maximum atomic E-state index is 13.1. The van der Waals surface area contributed by atoms with Crippen LogP contribution < -0.4 is 4.90 Å². The van der Waals surface area contributed by atoms with Gasteiger partial charge in [0.15, 0.2) is 0 Å². The molecule has 0 saturated heterocycles. The molecule has 1 aliphatic heterocycles. The Balaban J connectivity index is 2.13. The number of rotatable bonds is 5. The molecular weight excluding hydrogens is 340 g/mol. The normalized spacial score (nSPS) is 14.4. The van der Waals surface area contributed by atoms with Gasteiger partial charge < -0.3 is 10.0 Å². The van der Waals surface area contributed by atoms with Crippen LogP contribution in [0.3, 0.4) is 0 Å². The third-order valence-corrected chi connectivity index (χ3v) is 4.24. The van der Waals surface area contributed by atoms with Crippen molar-refractivity contribution >= 4 is 34.7 Å². The summed E-state index contributed by atoms with van der Waals surface area (Å²) in [5.74, 6) is -0.833. The van der Waals surface area contributed by atoms with Gasteiger partial charge in [0, 0.05) is 18.6 Å². The minimum absolute atomic E-state index is 0.124.